The normalized spacial score (nSPS) is 19.8. The van der Waals surface area contributed by atoms with E-state index in [1.165, 1.54) is 23.3 Å². The Bertz CT molecular complexity index is 915. The maximum atomic E-state index is 13.2. The van der Waals surface area contributed by atoms with Gasteiger partial charge in [-0.15, -0.1) is 0 Å². The average molecular weight is 394 g/mol. The molecule has 0 saturated carbocycles. The van der Waals surface area contributed by atoms with E-state index >= 15 is 0 Å². The number of piperidine rings is 1. The van der Waals surface area contributed by atoms with Crippen molar-refractivity contribution in [3.05, 3.63) is 71.0 Å². The van der Waals surface area contributed by atoms with E-state index < -0.39 is 0 Å². The van der Waals surface area contributed by atoms with Gasteiger partial charge < -0.3 is 9.80 Å². The summed E-state index contributed by atoms with van der Waals surface area (Å²) in [5, 5.41) is 0. The van der Waals surface area contributed by atoms with Crippen molar-refractivity contribution in [1.29, 1.82) is 0 Å². The van der Waals surface area contributed by atoms with E-state index in [1.54, 1.807) is 31.1 Å². The number of benzene rings is 2. The molecular formula is C24H27FN2O2. The van der Waals surface area contributed by atoms with Gasteiger partial charge in [0.2, 0.25) is 5.91 Å². The monoisotopic (exact) mass is 394 g/mol. The van der Waals surface area contributed by atoms with Crippen LogP contribution in [0.25, 0.3) is 0 Å². The molecule has 1 heterocycles. The van der Waals surface area contributed by atoms with Crippen molar-refractivity contribution in [2.45, 2.75) is 37.0 Å². The lowest BCUT2D eigenvalue weighted by Gasteiger charge is -2.40. The lowest BCUT2D eigenvalue weighted by molar-refractivity contribution is -0.129. The van der Waals surface area contributed by atoms with Crippen LogP contribution in [0.3, 0.4) is 0 Å². The van der Waals surface area contributed by atoms with Gasteiger partial charge in [0.25, 0.3) is 5.91 Å². The molecule has 29 heavy (non-hydrogen) atoms. The quantitative estimate of drug-likeness (QED) is 0.791. The Hall–Kier alpha value is -2.69. The molecule has 4 rings (SSSR count). The summed E-state index contributed by atoms with van der Waals surface area (Å²) in [5.41, 5.74) is 3.21. The highest BCUT2D eigenvalue weighted by atomic mass is 19.1. The second-order valence-corrected chi connectivity index (χ2v) is 8.56. The first-order valence-corrected chi connectivity index (χ1v) is 10.2. The number of hydrogen-bond donors (Lipinski definition) is 0. The van der Waals surface area contributed by atoms with Crippen LogP contribution in [0, 0.1) is 5.82 Å². The van der Waals surface area contributed by atoms with E-state index in [-0.39, 0.29) is 29.0 Å². The summed E-state index contributed by atoms with van der Waals surface area (Å²) in [4.78, 5) is 28.7. The number of likely N-dealkylation sites (tertiary alicyclic amines) is 1. The van der Waals surface area contributed by atoms with Gasteiger partial charge in [-0.25, -0.2) is 4.39 Å². The minimum absolute atomic E-state index is 0.0351. The van der Waals surface area contributed by atoms with Crippen molar-refractivity contribution < 1.29 is 14.0 Å². The summed E-state index contributed by atoms with van der Waals surface area (Å²) in [7, 11) is 3.61. The minimum Gasteiger partial charge on any atom is -0.349 e. The van der Waals surface area contributed by atoms with Crippen LogP contribution in [0.4, 0.5) is 4.39 Å². The fraction of sp³-hybridized carbons (Fsp3) is 0.417. The van der Waals surface area contributed by atoms with E-state index in [0.717, 1.165) is 19.3 Å². The Morgan fingerprint density at radius 3 is 2.38 bits per heavy atom. The fourth-order valence-corrected chi connectivity index (χ4v) is 4.99. The zero-order valence-corrected chi connectivity index (χ0v) is 17.0. The Labute approximate surface area is 171 Å². The third-order valence-corrected chi connectivity index (χ3v) is 6.63. The molecular weight excluding hydrogens is 367 g/mol. The van der Waals surface area contributed by atoms with Crippen molar-refractivity contribution in [3.8, 4) is 0 Å². The maximum Gasteiger partial charge on any atom is 0.253 e. The molecule has 1 saturated heterocycles. The lowest BCUT2D eigenvalue weighted by atomic mass is 9.73. The van der Waals surface area contributed by atoms with Crippen LogP contribution in [0.5, 0.6) is 0 Å². The molecule has 1 unspecified atom stereocenters. The van der Waals surface area contributed by atoms with Gasteiger partial charge in [-0.1, -0.05) is 24.3 Å². The highest BCUT2D eigenvalue weighted by Crippen LogP contribution is 2.52. The van der Waals surface area contributed by atoms with Gasteiger partial charge in [0.1, 0.15) is 5.82 Å². The Morgan fingerprint density at radius 2 is 1.72 bits per heavy atom. The van der Waals surface area contributed by atoms with Crippen LogP contribution in [-0.4, -0.2) is 48.8 Å². The first-order chi connectivity index (χ1) is 13.9. The standard InChI is InChI=1S/C24H27FN2O2/c1-26(2)22(28)15-18-16-24(21-6-4-3-5-20(18)21)11-13-27(14-12-24)23(29)17-7-9-19(25)10-8-17/h3-10,18H,11-16H2,1-2H3. The molecule has 1 aliphatic carbocycles. The van der Waals surface area contributed by atoms with E-state index in [9.17, 15) is 14.0 Å². The average Bonchev–Trinajstić information content (AvgIpc) is 3.02. The van der Waals surface area contributed by atoms with Gasteiger partial charge in [-0.2, -0.15) is 0 Å². The summed E-state index contributed by atoms with van der Waals surface area (Å²) in [6.07, 6.45) is 3.28. The second kappa shape index (κ2) is 7.62. The Kier molecular flexibility index (Phi) is 5.15. The van der Waals surface area contributed by atoms with Gasteiger partial charge in [0.05, 0.1) is 0 Å². The smallest absolute Gasteiger partial charge is 0.253 e. The fourth-order valence-electron chi connectivity index (χ4n) is 4.99. The van der Waals surface area contributed by atoms with E-state index in [4.69, 9.17) is 0 Å². The number of nitrogens with zero attached hydrogens (tertiary/aromatic N) is 2. The molecule has 0 N–H and O–H groups in total. The number of hydrogen-bond acceptors (Lipinski definition) is 2. The van der Waals surface area contributed by atoms with Crippen LogP contribution in [0.15, 0.2) is 48.5 Å². The number of carbonyl (C=O) groups excluding carboxylic acids is 2. The second-order valence-electron chi connectivity index (χ2n) is 8.56. The van der Waals surface area contributed by atoms with Gasteiger partial charge >= 0.3 is 0 Å². The van der Waals surface area contributed by atoms with Crippen LogP contribution in [0.1, 0.15) is 53.1 Å². The lowest BCUT2D eigenvalue weighted by Crippen LogP contribution is -2.44. The third-order valence-electron chi connectivity index (χ3n) is 6.63. The highest BCUT2D eigenvalue weighted by Gasteiger charge is 2.46. The largest absolute Gasteiger partial charge is 0.349 e. The van der Waals surface area contributed by atoms with Gasteiger partial charge in [-0.05, 0) is 66.0 Å². The molecule has 1 fully saturated rings. The molecule has 0 aromatic heterocycles. The number of carbonyl (C=O) groups is 2. The molecule has 152 valence electrons. The van der Waals surface area contributed by atoms with E-state index in [1.807, 2.05) is 4.90 Å². The summed E-state index contributed by atoms with van der Waals surface area (Å²) in [5.74, 6) is 0.0247. The molecule has 1 spiro atoms. The number of rotatable bonds is 3. The Morgan fingerprint density at radius 1 is 1.07 bits per heavy atom. The maximum absolute atomic E-state index is 13.2. The van der Waals surface area contributed by atoms with Gasteiger partial charge in [-0.3, -0.25) is 9.59 Å². The van der Waals surface area contributed by atoms with Crippen LogP contribution in [-0.2, 0) is 10.2 Å². The Balaban J connectivity index is 1.51. The summed E-state index contributed by atoms with van der Waals surface area (Å²) < 4.78 is 13.2. The molecule has 2 aliphatic rings. The molecule has 2 aromatic rings. The molecule has 5 heteroatoms. The SMILES string of the molecule is CN(C)C(=O)CC1CC2(CCN(C(=O)c3ccc(F)cc3)CC2)c2ccccc21. The number of fused-ring (bicyclic) bond motifs is 2. The van der Waals surface area contributed by atoms with Crippen molar-refractivity contribution in [1.82, 2.24) is 9.80 Å². The van der Waals surface area contributed by atoms with Gasteiger partial charge in [0, 0.05) is 39.2 Å². The number of amides is 2. The predicted molar refractivity (Wildman–Crippen MR) is 110 cm³/mol. The van der Waals surface area contributed by atoms with Crippen LogP contribution < -0.4 is 0 Å². The first-order valence-electron chi connectivity index (χ1n) is 10.2. The summed E-state index contributed by atoms with van der Waals surface area (Å²) >= 11 is 0. The third kappa shape index (κ3) is 3.66. The summed E-state index contributed by atoms with van der Waals surface area (Å²) in [6, 6.07) is 14.3. The van der Waals surface area contributed by atoms with Crippen LogP contribution >= 0.6 is 0 Å². The van der Waals surface area contributed by atoms with Gasteiger partial charge in [0.15, 0.2) is 0 Å². The zero-order chi connectivity index (χ0) is 20.6. The van der Waals surface area contributed by atoms with Crippen molar-refractivity contribution >= 4 is 11.8 Å². The topological polar surface area (TPSA) is 40.6 Å². The minimum atomic E-state index is -0.333. The van der Waals surface area contributed by atoms with E-state index in [0.29, 0.717) is 25.1 Å². The first kappa shape index (κ1) is 19.6. The molecule has 0 radical (unpaired) electrons. The highest BCUT2D eigenvalue weighted by molar-refractivity contribution is 5.94. The molecule has 2 amide bonds. The predicted octanol–water partition coefficient (Wildman–Crippen LogP) is 3.97. The summed E-state index contributed by atoms with van der Waals surface area (Å²) in [6.45, 7) is 1.36. The molecule has 2 aromatic carbocycles. The zero-order valence-electron chi connectivity index (χ0n) is 17.0. The van der Waals surface area contributed by atoms with Crippen LogP contribution in [0.2, 0.25) is 0 Å². The molecule has 0 bridgehead atoms. The molecule has 1 atom stereocenters. The van der Waals surface area contributed by atoms with E-state index in [2.05, 4.69) is 24.3 Å². The van der Waals surface area contributed by atoms with Crippen molar-refractivity contribution in [3.63, 3.8) is 0 Å². The molecule has 1 aliphatic heterocycles. The van der Waals surface area contributed by atoms with Crippen molar-refractivity contribution in [2.75, 3.05) is 27.2 Å². The van der Waals surface area contributed by atoms with Crippen molar-refractivity contribution in [2.24, 2.45) is 0 Å². The number of halogens is 1. The molecule has 4 nitrogen and oxygen atoms in total.